The highest BCUT2D eigenvalue weighted by molar-refractivity contribution is 5.94. The molecule has 0 saturated heterocycles. The van der Waals surface area contributed by atoms with Gasteiger partial charge < -0.3 is 15.7 Å². The lowest BCUT2D eigenvalue weighted by Gasteiger charge is -2.19. The molecule has 5 heteroatoms. The Morgan fingerprint density at radius 3 is 2.79 bits per heavy atom. The molecule has 102 valence electrons. The van der Waals surface area contributed by atoms with E-state index in [-0.39, 0.29) is 18.7 Å². The molecule has 0 bridgehead atoms. The van der Waals surface area contributed by atoms with Gasteiger partial charge in [-0.3, -0.25) is 4.79 Å². The molecule has 4 nitrogen and oxygen atoms in total. The molecule has 0 radical (unpaired) electrons. The van der Waals surface area contributed by atoms with Crippen molar-refractivity contribution in [1.29, 1.82) is 0 Å². The van der Waals surface area contributed by atoms with E-state index >= 15 is 0 Å². The van der Waals surface area contributed by atoms with Gasteiger partial charge in [0, 0.05) is 19.2 Å². The number of carbonyl (C=O) groups is 1. The van der Waals surface area contributed by atoms with Crippen molar-refractivity contribution in [2.45, 2.75) is 13.0 Å². The van der Waals surface area contributed by atoms with Crippen LogP contribution in [0.3, 0.4) is 0 Å². The minimum absolute atomic E-state index is 0.0403. The first-order chi connectivity index (χ1) is 8.95. The van der Waals surface area contributed by atoms with E-state index in [1.807, 2.05) is 0 Å². The molecule has 0 aliphatic carbocycles. The summed E-state index contributed by atoms with van der Waals surface area (Å²) in [4.78, 5) is 13.2. The third-order valence-corrected chi connectivity index (χ3v) is 2.42. The van der Waals surface area contributed by atoms with Gasteiger partial charge >= 0.3 is 0 Å². The second kappa shape index (κ2) is 6.88. The van der Waals surface area contributed by atoms with Gasteiger partial charge in [-0.15, -0.1) is 0 Å². The number of nitrogens with two attached hydrogens (primary N) is 1. The number of nitrogens with zero attached hydrogens (tertiary/aromatic N) is 1. The van der Waals surface area contributed by atoms with E-state index in [4.69, 9.17) is 5.73 Å². The second-order valence-corrected chi connectivity index (χ2v) is 4.24. The van der Waals surface area contributed by atoms with Crippen LogP contribution < -0.4 is 5.73 Å². The summed E-state index contributed by atoms with van der Waals surface area (Å²) in [6, 6.07) is 4.15. The van der Waals surface area contributed by atoms with Crippen molar-refractivity contribution in [3.8, 4) is 11.8 Å². The summed E-state index contributed by atoms with van der Waals surface area (Å²) < 4.78 is 13.8. The van der Waals surface area contributed by atoms with E-state index in [1.54, 1.807) is 13.0 Å². The SMILES string of the molecule is CC(O)CN(C)C(=O)c1ccc(C#CCN)cc1F. The predicted molar refractivity (Wildman–Crippen MR) is 71.0 cm³/mol. The first-order valence-corrected chi connectivity index (χ1v) is 5.87. The Balaban J connectivity index is 2.93. The Bertz CT molecular complexity index is 518. The van der Waals surface area contributed by atoms with Gasteiger partial charge in [0.1, 0.15) is 5.82 Å². The number of hydrogen-bond donors (Lipinski definition) is 2. The van der Waals surface area contributed by atoms with Gasteiger partial charge in [0.2, 0.25) is 0 Å². The topological polar surface area (TPSA) is 66.6 Å². The molecule has 0 aromatic heterocycles. The van der Waals surface area contributed by atoms with E-state index in [1.165, 1.54) is 24.1 Å². The van der Waals surface area contributed by atoms with Crippen LogP contribution >= 0.6 is 0 Å². The van der Waals surface area contributed by atoms with Crippen LogP contribution in [0, 0.1) is 17.7 Å². The van der Waals surface area contributed by atoms with Crippen molar-refractivity contribution >= 4 is 5.91 Å². The Hall–Kier alpha value is -1.90. The average Bonchev–Trinajstić information content (AvgIpc) is 2.34. The van der Waals surface area contributed by atoms with Gasteiger partial charge in [-0.25, -0.2) is 4.39 Å². The van der Waals surface area contributed by atoms with E-state index in [0.717, 1.165) is 0 Å². The highest BCUT2D eigenvalue weighted by atomic mass is 19.1. The molecule has 1 amide bonds. The number of carbonyl (C=O) groups excluding carboxylic acids is 1. The maximum Gasteiger partial charge on any atom is 0.256 e. The van der Waals surface area contributed by atoms with Crippen molar-refractivity contribution in [3.63, 3.8) is 0 Å². The summed E-state index contributed by atoms with van der Waals surface area (Å²) in [6.45, 7) is 1.90. The molecule has 1 aromatic carbocycles. The van der Waals surface area contributed by atoms with Gasteiger partial charge in [0.05, 0.1) is 18.2 Å². The zero-order valence-corrected chi connectivity index (χ0v) is 11.0. The molecule has 1 unspecified atom stereocenters. The van der Waals surface area contributed by atoms with Crippen LogP contribution in [0.5, 0.6) is 0 Å². The fraction of sp³-hybridized carbons (Fsp3) is 0.357. The van der Waals surface area contributed by atoms with Gasteiger partial charge in [-0.1, -0.05) is 11.8 Å². The van der Waals surface area contributed by atoms with E-state index < -0.39 is 17.8 Å². The van der Waals surface area contributed by atoms with Gasteiger partial charge in [-0.2, -0.15) is 0 Å². The number of benzene rings is 1. The van der Waals surface area contributed by atoms with Crippen molar-refractivity contribution in [3.05, 3.63) is 35.1 Å². The molecule has 0 fully saturated rings. The number of amides is 1. The molecule has 0 saturated carbocycles. The van der Waals surface area contributed by atoms with Crippen molar-refractivity contribution in [1.82, 2.24) is 4.90 Å². The highest BCUT2D eigenvalue weighted by Gasteiger charge is 2.17. The van der Waals surface area contributed by atoms with E-state index in [2.05, 4.69) is 11.8 Å². The zero-order valence-electron chi connectivity index (χ0n) is 11.0. The zero-order chi connectivity index (χ0) is 14.4. The third-order valence-electron chi connectivity index (χ3n) is 2.42. The van der Waals surface area contributed by atoms with Gasteiger partial charge in [-0.05, 0) is 25.1 Å². The molecule has 0 aliphatic rings. The molecule has 19 heavy (non-hydrogen) atoms. The van der Waals surface area contributed by atoms with E-state index in [9.17, 15) is 14.3 Å². The molecule has 0 heterocycles. The van der Waals surface area contributed by atoms with Crippen LogP contribution in [0.4, 0.5) is 4.39 Å². The minimum Gasteiger partial charge on any atom is -0.392 e. The molecule has 1 atom stereocenters. The minimum atomic E-state index is -0.660. The number of rotatable bonds is 3. The molecular formula is C14H17FN2O2. The number of aliphatic hydroxyl groups is 1. The summed E-state index contributed by atoms with van der Waals surface area (Å²) in [5.74, 6) is 4.20. The molecule has 1 rings (SSSR count). The van der Waals surface area contributed by atoms with Crippen molar-refractivity contribution < 1.29 is 14.3 Å². The normalized spacial score (nSPS) is 11.4. The standard InChI is InChI=1S/C14H17FN2O2/c1-10(18)9-17(2)14(19)12-6-5-11(4-3-7-16)8-13(12)15/h5-6,8,10,18H,7,9,16H2,1-2H3. The lowest BCUT2D eigenvalue weighted by Crippen LogP contribution is -2.33. The number of likely N-dealkylation sites (N-methyl/N-ethyl adjacent to an activating group) is 1. The molecule has 0 aliphatic heterocycles. The number of aliphatic hydroxyl groups excluding tert-OH is 1. The summed E-state index contributed by atoms with van der Waals surface area (Å²) >= 11 is 0. The van der Waals surface area contributed by atoms with Gasteiger partial charge in [0.25, 0.3) is 5.91 Å². The lowest BCUT2D eigenvalue weighted by atomic mass is 10.1. The average molecular weight is 264 g/mol. The van der Waals surface area contributed by atoms with Crippen molar-refractivity contribution in [2.75, 3.05) is 20.1 Å². The van der Waals surface area contributed by atoms with Crippen molar-refractivity contribution in [2.24, 2.45) is 5.73 Å². The van der Waals surface area contributed by atoms with Gasteiger partial charge in [0.15, 0.2) is 0 Å². The summed E-state index contributed by atoms with van der Waals surface area (Å²) in [5, 5.41) is 9.21. The highest BCUT2D eigenvalue weighted by Crippen LogP contribution is 2.12. The summed E-state index contributed by atoms with van der Waals surface area (Å²) in [5.41, 5.74) is 5.66. The Morgan fingerprint density at radius 1 is 1.58 bits per heavy atom. The summed E-state index contributed by atoms with van der Waals surface area (Å²) in [6.07, 6.45) is -0.660. The Morgan fingerprint density at radius 2 is 2.26 bits per heavy atom. The molecule has 1 aromatic rings. The van der Waals surface area contributed by atoms with Crippen LogP contribution in [-0.2, 0) is 0 Å². The largest absolute Gasteiger partial charge is 0.392 e. The maximum atomic E-state index is 13.8. The fourth-order valence-corrected chi connectivity index (χ4v) is 1.60. The Kier molecular flexibility index (Phi) is 5.49. The fourth-order valence-electron chi connectivity index (χ4n) is 1.60. The predicted octanol–water partition coefficient (Wildman–Crippen LogP) is 0.589. The molecular weight excluding hydrogens is 247 g/mol. The van der Waals surface area contributed by atoms with E-state index in [0.29, 0.717) is 5.56 Å². The molecule has 0 spiro atoms. The number of hydrogen-bond acceptors (Lipinski definition) is 3. The third kappa shape index (κ3) is 4.36. The van der Waals surface area contributed by atoms with Crippen LogP contribution in [-0.4, -0.2) is 42.2 Å². The monoisotopic (exact) mass is 264 g/mol. The Labute approximate surface area is 112 Å². The van der Waals surface area contributed by atoms with Crippen LogP contribution in [0.15, 0.2) is 18.2 Å². The smallest absolute Gasteiger partial charge is 0.256 e. The van der Waals surface area contributed by atoms with Crippen LogP contribution in [0.2, 0.25) is 0 Å². The number of halogens is 1. The summed E-state index contributed by atoms with van der Waals surface area (Å²) in [7, 11) is 1.51. The van der Waals surface area contributed by atoms with Crippen LogP contribution in [0.1, 0.15) is 22.8 Å². The first-order valence-electron chi connectivity index (χ1n) is 5.87. The second-order valence-electron chi connectivity index (χ2n) is 4.24. The lowest BCUT2D eigenvalue weighted by molar-refractivity contribution is 0.0699. The maximum absolute atomic E-state index is 13.8. The quantitative estimate of drug-likeness (QED) is 0.785. The van der Waals surface area contributed by atoms with Crippen LogP contribution in [0.25, 0.3) is 0 Å². The molecule has 3 N–H and O–H groups in total. The first kappa shape index (κ1) is 15.2.